The third-order valence-corrected chi connectivity index (χ3v) is 3.26. The van der Waals surface area contributed by atoms with Gasteiger partial charge in [0.2, 0.25) is 0 Å². The van der Waals surface area contributed by atoms with Crippen LogP contribution in [0.3, 0.4) is 0 Å². The van der Waals surface area contributed by atoms with Crippen LogP contribution >= 0.6 is 11.6 Å². The average Bonchev–Trinajstić information content (AvgIpc) is 2.29. The summed E-state index contributed by atoms with van der Waals surface area (Å²) < 4.78 is 5.15. The van der Waals surface area contributed by atoms with E-state index < -0.39 is 0 Å². The van der Waals surface area contributed by atoms with E-state index in [0.29, 0.717) is 11.1 Å². The second kappa shape index (κ2) is 4.93. The van der Waals surface area contributed by atoms with Crippen molar-refractivity contribution in [1.29, 1.82) is 0 Å². The molecule has 1 unspecified atom stereocenters. The summed E-state index contributed by atoms with van der Waals surface area (Å²) in [6.45, 7) is 5.27. The summed E-state index contributed by atoms with van der Waals surface area (Å²) in [7, 11) is 1.63. The highest BCUT2D eigenvalue weighted by atomic mass is 35.5. The predicted molar refractivity (Wildman–Crippen MR) is 67.7 cm³/mol. The highest BCUT2D eigenvalue weighted by molar-refractivity contribution is 6.32. The second-order valence-corrected chi connectivity index (χ2v) is 4.47. The van der Waals surface area contributed by atoms with E-state index in [9.17, 15) is 0 Å². The predicted octanol–water partition coefficient (Wildman–Crippen LogP) is 2.15. The van der Waals surface area contributed by atoms with Gasteiger partial charge in [-0.2, -0.15) is 0 Å². The minimum Gasteiger partial charge on any atom is -0.495 e. The number of nitrogens with one attached hydrogen (secondary N) is 1. The maximum absolute atomic E-state index is 6.13. The first-order valence-electron chi connectivity index (χ1n) is 5.53. The molecule has 1 aliphatic heterocycles. The number of benzene rings is 1. The Balaban J connectivity index is 2.22. The summed E-state index contributed by atoms with van der Waals surface area (Å²) in [6, 6.07) is 6.46. The molecule has 88 valence electrons. The smallest absolute Gasteiger partial charge is 0.137 e. The van der Waals surface area contributed by atoms with E-state index in [2.05, 4.69) is 23.2 Å². The van der Waals surface area contributed by atoms with Gasteiger partial charge in [-0.25, -0.2) is 0 Å². The highest BCUT2D eigenvalue weighted by Gasteiger charge is 2.18. The van der Waals surface area contributed by atoms with Gasteiger partial charge < -0.3 is 15.0 Å². The number of anilines is 1. The SMILES string of the molecule is COc1ccc(N2CCNCC2C)cc1Cl. The Morgan fingerprint density at radius 3 is 2.94 bits per heavy atom. The van der Waals surface area contributed by atoms with Crippen LogP contribution in [0.15, 0.2) is 18.2 Å². The Hall–Kier alpha value is -0.930. The van der Waals surface area contributed by atoms with E-state index in [1.54, 1.807) is 7.11 Å². The summed E-state index contributed by atoms with van der Waals surface area (Å²) in [5.41, 5.74) is 1.17. The molecule has 0 aliphatic carbocycles. The van der Waals surface area contributed by atoms with Crippen molar-refractivity contribution in [3.63, 3.8) is 0 Å². The third kappa shape index (κ3) is 2.25. The fourth-order valence-electron chi connectivity index (χ4n) is 2.06. The minimum absolute atomic E-state index is 0.498. The number of hydrogen-bond acceptors (Lipinski definition) is 3. The third-order valence-electron chi connectivity index (χ3n) is 2.97. The lowest BCUT2D eigenvalue weighted by molar-refractivity contribution is 0.415. The van der Waals surface area contributed by atoms with E-state index in [1.807, 2.05) is 12.1 Å². The fraction of sp³-hybridized carbons (Fsp3) is 0.500. The first kappa shape index (κ1) is 11.6. The zero-order chi connectivity index (χ0) is 11.5. The molecule has 1 aromatic rings. The summed E-state index contributed by atoms with van der Waals surface area (Å²) in [5.74, 6) is 0.730. The lowest BCUT2D eigenvalue weighted by atomic mass is 10.2. The van der Waals surface area contributed by atoms with Crippen molar-refractivity contribution in [3.05, 3.63) is 23.2 Å². The molecule has 1 fully saturated rings. The van der Waals surface area contributed by atoms with E-state index in [4.69, 9.17) is 16.3 Å². The van der Waals surface area contributed by atoms with Crippen molar-refractivity contribution in [2.24, 2.45) is 0 Å². The molecule has 1 atom stereocenters. The van der Waals surface area contributed by atoms with E-state index in [1.165, 1.54) is 5.69 Å². The molecule has 0 spiro atoms. The number of hydrogen-bond donors (Lipinski definition) is 1. The maximum Gasteiger partial charge on any atom is 0.137 e. The average molecular weight is 241 g/mol. The van der Waals surface area contributed by atoms with Crippen LogP contribution in [-0.4, -0.2) is 32.8 Å². The first-order valence-corrected chi connectivity index (χ1v) is 5.91. The molecule has 4 heteroatoms. The topological polar surface area (TPSA) is 24.5 Å². The Morgan fingerprint density at radius 2 is 2.31 bits per heavy atom. The molecule has 3 nitrogen and oxygen atoms in total. The van der Waals surface area contributed by atoms with Crippen LogP contribution in [0.1, 0.15) is 6.92 Å². The number of methoxy groups -OCH3 is 1. The molecule has 16 heavy (non-hydrogen) atoms. The fourth-order valence-corrected chi connectivity index (χ4v) is 2.31. The van der Waals surface area contributed by atoms with Crippen LogP contribution in [0.4, 0.5) is 5.69 Å². The van der Waals surface area contributed by atoms with Gasteiger partial charge in [-0.15, -0.1) is 0 Å². The summed E-state index contributed by atoms with van der Waals surface area (Å²) >= 11 is 6.13. The van der Waals surface area contributed by atoms with Crippen molar-refractivity contribution in [1.82, 2.24) is 5.32 Å². The molecule has 1 aromatic carbocycles. The van der Waals surface area contributed by atoms with Gasteiger partial charge in [0.25, 0.3) is 0 Å². The van der Waals surface area contributed by atoms with E-state index >= 15 is 0 Å². The Morgan fingerprint density at radius 1 is 1.50 bits per heavy atom. The molecule has 1 saturated heterocycles. The minimum atomic E-state index is 0.498. The Labute approximate surface area is 101 Å². The van der Waals surface area contributed by atoms with Crippen LogP contribution in [0.2, 0.25) is 5.02 Å². The molecule has 1 N–H and O–H groups in total. The summed E-state index contributed by atoms with van der Waals surface area (Å²) in [5, 5.41) is 4.04. The Bertz CT molecular complexity index is 370. The van der Waals surface area contributed by atoms with Crippen LogP contribution in [0.5, 0.6) is 5.75 Å². The van der Waals surface area contributed by atoms with Gasteiger partial charge in [-0.05, 0) is 25.1 Å². The van der Waals surface area contributed by atoms with Gasteiger partial charge in [0.05, 0.1) is 12.1 Å². The quantitative estimate of drug-likeness (QED) is 0.857. The number of piperazine rings is 1. The van der Waals surface area contributed by atoms with Crippen molar-refractivity contribution >= 4 is 17.3 Å². The molecule has 2 rings (SSSR count). The molecule has 1 aliphatic rings. The lowest BCUT2D eigenvalue weighted by Crippen LogP contribution is -2.49. The van der Waals surface area contributed by atoms with E-state index in [0.717, 1.165) is 25.4 Å². The maximum atomic E-state index is 6.13. The van der Waals surface area contributed by atoms with Gasteiger partial charge in [0.15, 0.2) is 0 Å². The molecule has 0 bridgehead atoms. The molecular weight excluding hydrogens is 224 g/mol. The van der Waals surface area contributed by atoms with Gasteiger partial charge >= 0.3 is 0 Å². The molecule has 1 heterocycles. The molecule has 0 radical (unpaired) electrons. The van der Waals surface area contributed by atoms with Crippen LogP contribution in [0.25, 0.3) is 0 Å². The van der Waals surface area contributed by atoms with Gasteiger partial charge in [0, 0.05) is 31.4 Å². The molecular formula is C12H17ClN2O. The summed E-state index contributed by atoms with van der Waals surface area (Å²) in [6.07, 6.45) is 0. The first-order chi connectivity index (χ1) is 7.72. The molecule has 0 amide bonds. The number of rotatable bonds is 2. The standard InChI is InChI=1S/C12H17ClN2O/c1-9-8-14-5-6-15(9)10-3-4-12(16-2)11(13)7-10/h3-4,7,9,14H,5-6,8H2,1-2H3. The number of halogens is 1. The number of ether oxygens (including phenoxy) is 1. The largest absolute Gasteiger partial charge is 0.495 e. The van der Waals surface area contributed by atoms with Crippen molar-refractivity contribution in [2.75, 3.05) is 31.6 Å². The summed E-state index contributed by atoms with van der Waals surface area (Å²) in [4.78, 5) is 2.36. The van der Waals surface area contributed by atoms with Gasteiger partial charge in [0.1, 0.15) is 5.75 Å². The van der Waals surface area contributed by atoms with Gasteiger partial charge in [-0.3, -0.25) is 0 Å². The zero-order valence-electron chi connectivity index (χ0n) is 9.66. The Kier molecular flexibility index (Phi) is 3.56. The van der Waals surface area contributed by atoms with Crippen molar-refractivity contribution < 1.29 is 4.74 Å². The normalized spacial score (nSPS) is 20.9. The second-order valence-electron chi connectivity index (χ2n) is 4.07. The van der Waals surface area contributed by atoms with Crippen LogP contribution in [-0.2, 0) is 0 Å². The molecule has 0 aromatic heterocycles. The lowest BCUT2D eigenvalue weighted by Gasteiger charge is -2.36. The zero-order valence-corrected chi connectivity index (χ0v) is 10.4. The highest BCUT2D eigenvalue weighted by Crippen LogP contribution is 2.30. The van der Waals surface area contributed by atoms with Crippen molar-refractivity contribution in [3.8, 4) is 5.75 Å². The van der Waals surface area contributed by atoms with Crippen LogP contribution < -0.4 is 15.0 Å². The number of nitrogens with zero attached hydrogens (tertiary/aromatic N) is 1. The van der Waals surface area contributed by atoms with E-state index in [-0.39, 0.29) is 0 Å². The molecule has 0 saturated carbocycles. The van der Waals surface area contributed by atoms with Crippen molar-refractivity contribution in [2.45, 2.75) is 13.0 Å². The van der Waals surface area contributed by atoms with Gasteiger partial charge in [-0.1, -0.05) is 11.6 Å². The monoisotopic (exact) mass is 240 g/mol. The van der Waals surface area contributed by atoms with Crippen LogP contribution in [0, 0.1) is 0 Å².